The van der Waals surface area contributed by atoms with E-state index < -0.39 is 10.0 Å². The molecular weight excluding hydrogens is 356 g/mol. The standard InChI is InChI=1S/C13H17BrN4O2S/c1-3-11-12(8-18(2)16-11)17-21(19,20)13-5-4-9(7-15)6-10(13)14/h4-6,8,17H,3,7,15H2,1-2H3. The van der Waals surface area contributed by atoms with Crippen LogP contribution in [-0.2, 0) is 30.0 Å². The Kier molecular flexibility index (Phi) is 4.70. The van der Waals surface area contributed by atoms with Crippen LogP contribution in [0.5, 0.6) is 0 Å². The highest BCUT2D eigenvalue weighted by atomic mass is 79.9. The molecule has 3 N–H and O–H groups in total. The number of anilines is 1. The summed E-state index contributed by atoms with van der Waals surface area (Å²) in [6, 6.07) is 4.94. The summed E-state index contributed by atoms with van der Waals surface area (Å²) in [6.45, 7) is 2.28. The molecule has 0 radical (unpaired) electrons. The predicted octanol–water partition coefficient (Wildman–Crippen LogP) is 2.00. The van der Waals surface area contributed by atoms with Crippen molar-refractivity contribution >= 4 is 31.6 Å². The van der Waals surface area contributed by atoms with Gasteiger partial charge in [0.2, 0.25) is 0 Å². The van der Waals surface area contributed by atoms with Gasteiger partial charge in [0, 0.05) is 24.3 Å². The number of hydrogen-bond acceptors (Lipinski definition) is 4. The van der Waals surface area contributed by atoms with E-state index in [2.05, 4.69) is 25.8 Å². The van der Waals surface area contributed by atoms with Gasteiger partial charge in [0.05, 0.1) is 11.4 Å². The third-order valence-electron chi connectivity index (χ3n) is 3.01. The van der Waals surface area contributed by atoms with Gasteiger partial charge in [0.1, 0.15) is 4.90 Å². The smallest absolute Gasteiger partial charge is 0.263 e. The summed E-state index contributed by atoms with van der Waals surface area (Å²) in [5.41, 5.74) is 7.60. The second kappa shape index (κ2) is 6.17. The molecule has 0 saturated carbocycles. The zero-order chi connectivity index (χ0) is 15.6. The zero-order valence-corrected chi connectivity index (χ0v) is 14.2. The second-order valence-corrected chi connectivity index (χ2v) is 7.10. The summed E-state index contributed by atoms with van der Waals surface area (Å²) >= 11 is 3.28. The second-order valence-electron chi connectivity index (χ2n) is 4.59. The van der Waals surface area contributed by atoms with Gasteiger partial charge < -0.3 is 5.73 Å². The Morgan fingerprint density at radius 3 is 2.71 bits per heavy atom. The van der Waals surface area contributed by atoms with Crippen LogP contribution in [0.4, 0.5) is 5.69 Å². The van der Waals surface area contributed by atoms with Crippen LogP contribution < -0.4 is 10.5 Å². The molecule has 0 aliphatic carbocycles. The van der Waals surface area contributed by atoms with Crippen molar-refractivity contribution in [3.8, 4) is 0 Å². The molecule has 21 heavy (non-hydrogen) atoms. The summed E-state index contributed by atoms with van der Waals surface area (Å²) in [7, 11) is -1.93. The Bertz CT molecular complexity index is 756. The molecular formula is C13H17BrN4O2S. The first kappa shape index (κ1) is 16.0. The quantitative estimate of drug-likeness (QED) is 0.839. The van der Waals surface area contributed by atoms with E-state index in [-0.39, 0.29) is 4.90 Å². The maximum Gasteiger partial charge on any atom is 0.263 e. The van der Waals surface area contributed by atoms with Gasteiger partial charge in [0.15, 0.2) is 0 Å². The van der Waals surface area contributed by atoms with Crippen molar-refractivity contribution < 1.29 is 8.42 Å². The molecule has 0 bridgehead atoms. The Balaban J connectivity index is 2.38. The highest BCUT2D eigenvalue weighted by Gasteiger charge is 2.20. The van der Waals surface area contributed by atoms with E-state index in [1.54, 1.807) is 30.1 Å². The van der Waals surface area contributed by atoms with E-state index in [1.807, 2.05) is 6.92 Å². The third kappa shape index (κ3) is 3.45. The third-order valence-corrected chi connectivity index (χ3v) is 5.35. The fraction of sp³-hybridized carbons (Fsp3) is 0.308. The molecule has 1 heterocycles. The van der Waals surface area contributed by atoms with Crippen molar-refractivity contribution in [3.05, 3.63) is 40.1 Å². The van der Waals surface area contributed by atoms with Gasteiger partial charge in [-0.3, -0.25) is 9.40 Å². The lowest BCUT2D eigenvalue weighted by Gasteiger charge is -2.10. The number of rotatable bonds is 5. The van der Waals surface area contributed by atoms with Crippen molar-refractivity contribution in [3.63, 3.8) is 0 Å². The SMILES string of the molecule is CCc1nn(C)cc1NS(=O)(=O)c1ccc(CN)cc1Br. The highest BCUT2D eigenvalue weighted by molar-refractivity contribution is 9.10. The summed E-state index contributed by atoms with van der Waals surface area (Å²) in [5, 5.41) is 4.22. The molecule has 2 aromatic rings. The molecule has 0 saturated heterocycles. The Morgan fingerprint density at radius 1 is 1.43 bits per heavy atom. The average molecular weight is 373 g/mol. The molecule has 0 unspecified atom stereocenters. The number of nitrogens with one attached hydrogen (secondary N) is 1. The van der Waals surface area contributed by atoms with Crippen molar-refractivity contribution in [1.29, 1.82) is 0 Å². The first-order chi connectivity index (χ1) is 9.87. The number of aryl methyl sites for hydroxylation is 2. The molecule has 1 aromatic carbocycles. The molecule has 1 aromatic heterocycles. The molecule has 0 atom stereocenters. The summed E-state index contributed by atoms with van der Waals surface area (Å²) in [6.07, 6.45) is 2.30. The molecule has 6 nitrogen and oxygen atoms in total. The van der Waals surface area contributed by atoms with Crippen LogP contribution in [0.15, 0.2) is 33.8 Å². The summed E-state index contributed by atoms with van der Waals surface area (Å²) in [4.78, 5) is 0.172. The van der Waals surface area contributed by atoms with Crippen LogP contribution in [0, 0.1) is 0 Å². The van der Waals surface area contributed by atoms with E-state index in [0.717, 1.165) is 5.56 Å². The average Bonchev–Trinajstić information content (AvgIpc) is 2.77. The number of nitrogens with two attached hydrogens (primary N) is 1. The Hall–Kier alpha value is -1.38. The van der Waals surface area contributed by atoms with E-state index in [4.69, 9.17) is 5.73 Å². The number of nitrogens with zero attached hydrogens (tertiary/aromatic N) is 2. The fourth-order valence-electron chi connectivity index (χ4n) is 1.97. The number of benzene rings is 1. The van der Waals surface area contributed by atoms with Crippen LogP contribution >= 0.6 is 15.9 Å². The minimum absolute atomic E-state index is 0.172. The van der Waals surface area contributed by atoms with Crippen LogP contribution in [0.3, 0.4) is 0 Å². The van der Waals surface area contributed by atoms with E-state index in [9.17, 15) is 8.42 Å². The van der Waals surface area contributed by atoms with Gasteiger partial charge in [-0.15, -0.1) is 0 Å². The summed E-state index contributed by atoms with van der Waals surface area (Å²) < 4.78 is 29.6. The minimum atomic E-state index is -3.68. The largest absolute Gasteiger partial charge is 0.326 e. The lowest BCUT2D eigenvalue weighted by atomic mass is 10.2. The van der Waals surface area contributed by atoms with Crippen LogP contribution in [0.2, 0.25) is 0 Å². The lowest BCUT2D eigenvalue weighted by Crippen LogP contribution is -2.14. The monoisotopic (exact) mass is 372 g/mol. The first-order valence-electron chi connectivity index (χ1n) is 6.41. The topological polar surface area (TPSA) is 90.0 Å². The first-order valence-corrected chi connectivity index (χ1v) is 8.68. The number of aromatic nitrogens is 2. The van der Waals surface area contributed by atoms with E-state index in [1.165, 1.54) is 6.07 Å². The van der Waals surface area contributed by atoms with Crippen molar-refractivity contribution in [2.75, 3.05) is 4.72 Å². The molecule has 114 valence electrons. The molecule has 0 fully saturated rings. The van der Waals surface area contributed by atoms with Crippen LogP contribution in [0.25, 0.3) is 0 Å². The van der Waals surface area contributed by atoms with Crippen molar-refractivity contribution in [2.24, 2.45) is 12.8 Å². The van der Waals surface area contributed by atoms with Gasteiger partial charge in [0.25, 0.3) is 10.0 Å². The fourth-order valence-corrected chi connectivity index (χ4v) is 4.17. The Labute approximate surface area is 132 Å². The Morgan fingerprint density at radius 2 is 2.14 bits per heavy atom. The number of sulfonamides is 1. The summed E-state index contributed by atoms with van der Waals surface area (Å²) in [5.74, 6) is 0. The maximum atomic E-state index is 12.5. The van der Waals surface area contributed by atoms with Gasteiger partial charge in [-0.2, -0.15) is 5.10 Å². The molecule has 0 amide bonds. The number of halogens is 1. The normalized spacial score (nSPS) is 11.6. The minimum Gasteiger partial charge on any atom is -0.326 e. The van der Waals surface area contributed by atoms with Crippen molar-refractivity contribution in [1.82, 2.24) is 9.78 Å². The maximum absolute atomic E-state index is 12.5. The van der Waals surface area contributed by atoms with E-state index >= 15 is 0 Å². The predicted molar refractivity (Wildman–Crippen MR) is 85.4 cm³/mol. The zero-order valence-electron chi connectivity index (χ0n) is 11.8. The van der Waals surface area contributed by atoms with Gasteiger partial charge >= 0.3 is 0 Å². The van der Waals surface area contributed by atoms with E-state index in [0.29, 0.717) is 28.8 Å². The molecule has 8 heteroatoms. The van der Waals surface area contributed by atoms with Crippen LogP contribution in [-0.4, -0.2) is 18.2 Å². The molecule has 0 spiro atoms. The van der Waals surface area contributed by atoms with Crippen LogP contribution in [0.1, 0.15) is 18.2 Å². The van der Waals surface area contributed by atoms with Gasteiger partial charge in [-0.05, 0) is 40.0 Å². The number of hydrogen-bond donors (Lipinski definition) is 2. The molecule has 2 rings (SSSR count). The molecule has 0 aliphatic heterocycles. The van der Waals surface area contributed by atoms with Crippen molar-refractivity contribution in [2.45, 2.75) is 24.8 Å². The van der Waals surface area contributed by atoms with Gasteiger partial charge in [-0.25, -0.2) is 8.42 Å². The molecule has 0 aliphatic rings. The lowest BCUT2D eigenvalue weighted by molar-refractivity contribution is 0.600. The highest BCUT2D eigenvalue weighted by Crippen LogP contribution is 2.26. The van der Waals surface area contributed by atoms with Gasteiger partial charge in [-0.1, -0.05) is 13.0 Å².